The quantitative estimate of drug-likeness (QED) is 0.796. The predicted octanol–water partition coefficient (Wildman–Crippen LogP) is 0.540. The molecule has 8 nitrogen and oxygen atoms in total. The van der Waals surface area contributed by atoms with Gasteiger partial charge in [0.25, 0.3) is 5.91 Å². The maximum atomic E-state index is 12.7. The van der Waals surface area contributed by atoms with Crippen molar-refractivity contribution in [3.05, 3.63) is 23.8 Å². The molecule has 2 N–H and O–H groups in total. The molecule has 0 bridgehead atoms. The number of carbonyl (C=O) groups is 2. The highest BCUT2D eigenvalue weighted by molar-refractivity contribution is 7.89. The second-order valence-corrected chi connectivity index (χ2v) is 7.40. The van der Waals surface area contributed by atoms with E-state index in [-0.39, 0.29) is 42.1 Å². The van der Waals surface area contributed by atoms with Crippen LogP contribution in [-0.2, 0) is 14.8 Å². The molecule has 0 spiro atoms. The number of amides is 1. The Morgan fingerprint density at radius 3 is 2.42 bits per heavy atom. The molecule has 1 aromatic rings. The Bertz CT molecular complexity index is 738. The summed E-state index contributed by atoms with van der Waals surface area (Å²) >= 11 is 0. The summed E-state index contributed by atoms with van der Waals surface area (Å²) < 4.78 is 31.8. The molecule has 1 aromatic carbocycles. The second-order valence-electron chi connectivity index (χ2n) is 5.46. The Morgan fingerprint density at radius 1 is 1.29 bits per heavy atom. The van der Waals surface area contributed by atoms with Crippen molar-refractivity contribution in [2.45, 2.75) is 17.7 Å². The minimum absolute atomic E-state index is 0.0179. The number of aliphatic carboxylic acids is 1. The van der Waals surface area contributed by atoms with Gasteiger partial charge in [0.15, 0.2) is 0 Å². The number of methoxy groups -OCH3 is 1. The molecule has 0 unspecified atom stereocenters. The van der Waals surface area contributed by atoms with Crippen molar-refractivity contribution in [3.8, 4) is 5.75 Å². The summed E-state index contributed by atoms with van der Waals surface area (Å²) in [6.07, 6.45) is 0.542. The lowest BCUT2D eigenvalue weighted by Gasteiger charge is -2.29. The lowest BCUT2D eigenvalue weighted by atomic mass is 9.99. The molecule has 0 aliphatic carbocycles. The summed E-state index contributed by atoms with van der Waals surface area (Å²) in [6, 6.07) is 4.08. The first kappa shape index (κ1) is 18.2. The number of nitrogens with one attached hydrogen (secondary N) is 1. The molecule has 0 saturated carbocycles. The third-order valence-electron chi connectivity index (χ3n) is 4.08. The van der Waals surface area contributed by atoms with Crippen LogP contribution in [0.25, 0.3) is 0 Å². The number of ether oxygens (including phenoxy) is 1. The zero-order chi connectivity index (χ0) is 17.9. The number of sulfonamides is 1. The number of hydrogen-bond acceptors (Lipinski definition) is 5. The van der Waals surface area contributed by atoms with Gasteiger partial charge >= 0.3 is 5.97 Å². The molecule has 1 amide bonds. The van der Waals surface area contributed by atoms with Gasteiger partial charge in [0, 0.05) is 20.1 Å². The fraction of sp³-hybridized carbons (Fsp3) is 0.467. The van der Waals surface area contributed by atoms with Crippen molar-refractivity contribution in [2.75, 3.05) is 27.2 Å². The van der Waals surface area contributed by atoms with Gasteiger partial charge in [-0.05, 0) is 31.0 Å². The highest BCUT2D eigenvalue weighted by Gasteiger charge is 2.32. The summed E-state index contributed by atoms with van der Waals surface area (Å²) in [5.41, 5.74) is 0.126. The van der Waals surface area contributed by atoms with Crippen LogP contribution in [0.5, 0.6) is 5.75 Å². The zero-order valence-corrected chi connectivity index (χ0v) is 14.3. The van der Waals surface area contributed by atoms with E-state index in [4.69, 9.17) is 9.84 Å². The van der Waals surface area contributed by atoms with E-state index in [1.165, 1.54) is 36.7 Å². The number of hydrogen-bond donors (Lipinski definition) is 2. The molecule has 1 fully saturated rings. The number of carboxylic acid groups (broad SMARTS) is 1. The monoisotopic (exact) mass is 356 g/mol. The summed E-state index contributed by atoms with van der Waals surface area (Å²) in [4.78, 5) is 22.9. The highest BCUT2D eigenvalue weighted by Crippen LogP contribution is 2.27. The number of rotatable bonds is 5. The Kier molecular flexibility index (Phi) is 5.45. The molecule has 2 rings (SSSR count). The Balaban J connectivity index is 2.30. The maximum Gasteiger partial charge on any atom is 0.306 e. The first-order valence-corrected chi connectivity index (χ1v) is 8.88. The zero-order valence-electron chi connectivity index (χ0n) is 13.5. The van der Waals surface area contributed by atoms with Crippen molar-refractivity contribution >= 4 is 21.9 Å². The van der Waals surface area contributed by atoms with Crippen LogP contribution in [0.3, 0.4) is 0 Å². The number of benzene rings is 1. The Hall–Kier alpha value is -2.13. The number of carbonyl (C=O) groups excluding carboxylic acids is 1. The average Bonchev–Trinajstić information content (AvgIpc) is 2.60. The largest absolute Gasteiger partial charge is 0.496 e. The smallest absolute Gasteiger partial charge is 0.306 e. The van der Waals surface area contributed by atoms with Gasteiger partial charge in [-0.3, -0.25) is 9.59 Å². The minimum atomic E-state index is -3.80. The Labute approximate surface area is 140 Å². The molecule has 9 heteroatoms. The maximum absolute atomic E-state index is 12.7. The predicted molar refractivity (Wildman–Crippen MR) is 85.5 cm³/mol. The SMILES string of the molecule is CNC(=O)c1cc(S(=O)(=O)N2CCC(C(=O)O)CC2)ccc1OC. The van der Waals surface area contributed by atoms with Crippen molar-refractivity contribution in [2.24, 2.45) is 5.92 Å². The van der Waals surface area contributed by atoms with Crippen LogP contribution in [0, 0.1) is 5.92 Å². The van der Waals surface area contributed by atoms with E-state index in [2.05, 4.69) is 5.32 Å². The second kappa shape index (κ2) is 7.18. The fourth-order valence-electron chi connectivity index (χ4n) is 2.65. The highest BCUT2D eigenvalue weighted by atomic mass is 32.2. The van der Waals surface area contributed by atoms with Gasteiger partial charge < -0.3 is 15.2 Å². The Morgan fingerprint density at radius 2 is 1.92 bits per heavy atom. The molecule has 24 heavy (non-hydrogen) atoms. The standard InChI is InChI=1S/C15H20N2O6S/c1-16-14(18)12-9-11(3-4-13(12)23-2)24(21,22)17-7-5-10(6-8-17)15(19)20/h3-4,9-10H,5-8H2,1-2H3,(H,16,18)(H,19,20). The van der Waals surface area contributed by atoms with Crippen molar-refractivity contribution in [3.63, 3.8) is 0 Å². The first-order valence-electron chi connectivity index (χ1n) is 7.44. The average molecular weight is 356 g/mol. The molecule has 1 saturated heterocycles. The van der Waals surface area contributed by atoms with Gasteiger partial charge in [0.05, 0.1) is 23.5 Å². The van der Waals surface area contributed by atoms with Crippen LogP contribution in [-0.4, -0.2) is 57.0 Å². The van der Waals surface area contributed by atoms with Gasteiger partial charge in [-0.25, -0.2) is 8.42 Å². The van der Waals surface area contributed by atoms with Gasteiger partial charge in [0.2, 0.25) is 10.0 Å². The van der Waals surface area contributed by atoms with Crippen LogP contribution in [0.1, 0.15) is 23.2 Å². The molecular formula is C15H20N2O6S. The minimum Gasteiger partial charge on any atom is -0.496 e. The van der Waals surface area contributed by atoms with E-state index >= 15 is 0 Å². The van der Waals surface area contributed by atoms with Crippen LogP contribution in [0.4, 0.5) is 0 Å². The molecule has 1 aliphatic heterocycles. The van der Waals surface area contributed by atoms with E-state index in [9.17, 15) is 18.0 Å². The summed E-state index contributed by atoms with van der Waals surface area (Å²) in [5.74, 6) is -1.60. The summed E-state index contributed by atoms with van der Waals surface area (Å²) in [6.45, 7) is 0.279. The van der Waals surface area contributed by atoms with Gasteiger partial charge in [-0.2, -0.15) is 4.31 Å². The summed E-state index contributed by atoms with van der Waals surface area (Å²) in [5, 5.41) is 11.4. The lowest BCUT2D eigenvalue weighted by molar-refractivity contribution is -0.142. The van der Waals surface area contributed by atoms with Crippen LogP contribution >= 0.6 is 0 Å². The molecule has 0 atom stereocenters. The third-order valence-corrected chi connectivity index (χ3v) is 5.98. The van der Waals surface area contributed by atoms with E-state index < -0.39 is 27.8 Å². The van der Waals surface area contributed by atoms with Crippen molar-refractivity contribution in [1.29, 1.82) is 0 Å². The molecular weight excluding hydrogens is 336 g/mol. The lowest BCUT2D eigenvalue weighted by Crippen LogP contribution is -2.40. The number of piperidine rings is 1. The van der Waals surface area contributed by atoms with E-state index in [0.29, 0.717) is 0 Å². The van der Waals surface area contributed by atoms with Gasteiger partial charge in [-0.15, -0.1) is 0 Å². The van der Waals surface area contributed by atoms with Crippen LogP contribution < -0.4 is 10.1 Å². The van der Waals surface area contributed by atoms with Crippen LogP contribution in [0.2, 0.25) is 0 Å². The van der Waals surface area contributed by atoms with Crippen molar-refractivity contribution < 1.29 is 27.9 Å². The number of carboxylic acids is 1. The molecule has 1 heterocycles. The number of nitrogens with zero attached hydrogens (tertiary/aromatic N) is 1. The molecule has 0 aromatic heterocycles. The summed E-state index contributed by atoms with van der Waals surface area (Å²) in [7, 11) is -0.956. The van der Waals surface area contributed by atoms with Crippen LogP contribution in [0.15, 0.2) is 23.1 Å². The third kappa shape index (κ3) is 3.51. The molecule has 0 radical (unpaired) electrons. The van der Waals surface area contributed by atoms with Crippen molar-refractivity contribution in [1.82, 2.24) is 9.62 Å². The molecule has 132 valence electrons. The van der Waals surface area contributed by atoms with E-state index in [0.717, 1.165) is 0 Å². The first-order chi connectivity index (χ1) is 11.3. The topological polar surface area (TPSA) is 113 Å². The van der Waals surface area contributed by atoms with E-state index in [1.807, 2.05) is 0 Å². The van der Waals surface area contributed by atoms with Gasteiger partial charge in [-0.1, -0.05) is 0 Å². The van der Waals surface area contributed by atoms with Gasteiger partial charge in [0.1, 0.15) is 5.75 Å². The fourth-order valence-corrected chi connectivity index (χ4v) is 4.15. The normalized spacial score (nSPS) is 16.6. The van der Waals surface area contributed by atoms with E-state index in [1.54, 1.807) is 0 Å². The molecule has 1 aliphatic rings.